The third kappa shape index (κ3) is 1.70. The Hall–Kier alpha value is -2.27. The van der Waals surface area contributed by atoms with Crippen molar-refractivity contribution in [2.24, 2.45) is 0 Å². The molecule has 3 aromatic rings. The van der Waals surface area contributed by atoms with E-state index < -0.39 is 4.92 Å². The molecule has 1 heterocycles. The molecule has 0 atom stereocenters. The average Bonchev–Trinajstić information content (AvgIpc) is 2.40. The SMILES string of the molecule is Cc1c([N+](=O)[O-])ccc2c(=O)c3ccccc3sc12. The van der Waals surface area contributed by atoms with Crippen LogP contribution in [0.5, 0.6) is 0 Å². The first-order valence-corrected chi connectivity index (χ1v) is 6.51. The summed E-state index contributed by atoms with van der Waals surface area (Å²) in [5.41, 5.74) is 0.538. The van der Waals surface area contributed by atoms with Crippen LogP contribution in [0.25, 0.3) is 20.2 Å². The van der Waals surface area contributed by atoms with Crippen molar-refractivity contribution in [3.8, 4) is 0 Å². The normalized spacial score (nSPS) is 11.0. The van der Waals surface area contributed by atoms with Crippen molar-refractivity contribution in [2.45, 2.75) is 6.92 Å². The van der Waals surface area contributed by atoms with E-state index in [1.165, 1.54) is 17.4 Å². The van der Waals surface area contributed by atoms with Crippen molar-refractivity contribution in [1.29, 1.82) is 0 Å². The maximum absolute atomic E-state index is 12.4. The molecule has 2 aromatic carbocycles. The number of nitrogens with zero attached hydrogens (tertiary/aromatic N) is 1. The molecule has 0 saturated carbocycles. The fourth-order valence-electron chi connectivity index (χ4n) is 2.19. The third-order valence-electron chi connectivity index (χ3n) is 3.16. The van der Waals surface area contributed by atoms with Gasteiger partial charge >= 0.3 is 0 Å². The Morgan fingerprint density at radius 2 is 1.84 bits per heavy atom. The van der Waals surface area contributed by atoms with Gasteiger partial charge in [0.15, 0.2) is 5.43 Å². The van der Waals surface area contributed by atoms with Crippen LogP contribution < -0.4 is 5.43 Å². The van der Waals surface area contributed by atoms with Gasteiger partial charge in [0.2, 0.25) is 0 Å². The molecule has 0 aliphatic heterocycles. The zero-order valence-corrected chi connectivity index (χ0v) is 10.9. The number of aryl methyl sites for hydroxylation is 1. The summed E-state index contributed by atoms with van der Waals surface area (Å²) in [6.45, 7) is 1.69. The van der Waals surface area contributed by atoms with Gasteiger partial charge in [-0.3, -0.25) is 14.9 Å². The molecule has 0 bridgehead atoms. The predicted molar refractivity (Wildman–Crippen MR) is 77.0 cm³/mol. The summed E-state index contributed by atoms with van der Waals surface area (Å²) < 4.78 is 1.54. The van der Waals surface area contributed by atoms with Crippen molar-refractivity contribution < 1.29 is 4.92 Å². The van der Waals surface area contributed by atoms with Crippen molar-refractivity contribution in [1.82, 2.24) is 0 Å². The Morgan fingerprint density at radius 1 is 1.11 bits per heavy atom. The summed E-state index contributed by atoms with van der Waals surface area (Å²) in [5, 5.41) is 12.2. The molecule has 0 unspecified atom stereocenters. The minimum Gasteiger partial charge on any atom is -0.289 e. The maximum atomic E-state index is 12.4. The van der Waals surface area contributed by atoms with Crippen LogP contribution in [0.2, 0.25) is 0 Å². The highest BCUT2D eigenvalue weighted by molar-refractivity contribution is 7.24. The highest BCUT2D eigenvalue weighted by atomic mass is 32.1. The quantitative estimate of drug-likeness (QED) is 0.386. The van der Waals surface area contributed by atoms with Crippen molar-refractivity contribution in [3.63, 3.8) is 0 Å². The van der Waals surface area contributed by atoms with E-state index in [2.05, 4.69) is 0 Å². The Balaban J connectivity index is 2.55. The van der Waals surface area contributed by atoms with E-state index in [1.807, 2.05) is 18.2 Å². The maximum Gasteiger partial charge on any atom is 0.273 e. The van der Waals surface area contributed by atoms with E-state index in [0.717, 1.165) is 4.70 Å². The zero-order valence-electron chi connectivity index (χ0n) is 10.0. The molecule has 4 nitrogen and oxygen atoms in total. The molecular weight excluding hydrogens is 262 g/mol. The van der Waals surface area contributed by atoms with E-state index in [4.69, 9.17) is 0 Å². The Bertz CT molecular complexity index is 883. The van der Waals surface area contributed by atoms with E-state index >= 15 is 0 Å². The van der Waals surface area contributed by atoms with E-state index in [1.54, 1.807) is 19.1 Å². The molecule has 0 aliphatic carbocycles. The number of nitro benzene ring substituents is 1. The molecule has 5 heteroatoms. The molecule has 94 valence electrons. The molecule has 1 aromatic heterocycles. The lowest BCUT2D eigenvalue weighted by Gasteiger charge is -2.04. The topological polar surface area (TPSA) is 60.2 Å². The molecule has 19 heavy (non-hydrogen) atoms. The van der Waals surface area contributed by atoms with Gasteiger partial charge in [-0.15, -0.1) is 11.3 Å². The highest BCUT2D eigenvalue weighted by Gasteiger charge is 2.16. The molecule has 0 amide bonds. The molecule has 0 fully saturated rings. The zero-order chi connectivity index (χ0) is 13.6. The summed E-state index contributed by atoms with van der Waals surface area (Å²) in [5.74, 6) is 0. The van der Waals surface area contributed by atoms with Gasteiger partial charge in [-0.25, -0.2) is 0 Å². The molecule has 0 spiro atoms. The Labute approximate surface area is 112 Å². The van der Waals surface area contributed by atoms with Gasteiger partial charge < -0.3 is 0 Å². The van der Waals surface area contributed by atoms with Crippen LogP contribution in [0.4, 0.5) is 5.69 Å². The van der Waals surface area contributed by atoms with Crippen molar-refractivity contribution in [2.75, 3.05) is 0 Å². The Morgan fingerprint density at radius 3 is 2.58 bits per heavy atom. The lowest BCUT2D eigenvalue weighted by atomic mass is 10.1. The monoisotopic (exact) mass is 271 g/mol. The fourth-order valence-corrected chi connectivity index (χ4v) is 3.35. The number of nitro groups is 1. The van der Waals surface area contributed by atoms with E-state index in [9.17, 15) is 14.9 Å². The number of benzene rings is 2. The molecule has 0 N–H and O–H groups in total. The summed E-state index contributed by atoms with van der Waals surface area (Å²) in [6.07, 6.45) is 0. The lowest BCUT2D eigenvalue weighted by molar-refractivity contribution is -0.385. The van der Waals surface area contributed by atoms with Crippen molar-refractivity contribution in [3.05, 3.63) is 62.3 Å². The number of hydrogen-bond donors (Lipinski definition) is 0. The standard InChI is InChI=1S/C14H9NO3S/c1-8-11(15(17)18)7-6-10-13(16)9-4-2-3-5-12(9)19-14(8)10/h2-7H,1H3. The minimum absolute atomic E-state index is 0.0541. The van der Waals surface area contributed by atoms with Gasteiger partial charge in [-0.1, -0.05) is 12.1 Å². The summed E-state index contributed by atoms with van der Waals surface area (Å²) in [6, 6.07) is 10.3. The van der Waals surface area contributed by atoms with Gasteiger partial charge in [0.25, 0.3) is 5.69 Å². The average molecular weight is 271 g/mol. The van der Waals surface area contributed by atoms with Gasteiger partial charge in [0, 0.05) is 31.8 Å². The van der Waals surface area contributed by atoms with Crippen LogP contribution >= 0.6 is 11.3 Å². The first kappa shape index (κ1) is 11.8. The lowest BCUT2D eigenvalue weighted by Crippen LogP contribution is -2.02. The van der Waals surface area contributed by atoms with Crippen LogP contribution in [0.15, 0.2) is 41.2 Å². The highest BCUT2D eigenvalue weighted by Crippen LogP contribution is 2.31. The number of fused-ring (bicyclic) bond motifs is 2. The number of rotatable bonds is 1. The van der Waals surface area contributed by atoms with Gasteiger partial charge in [0.1, 0.15) is 0 Å². The molecule has 0 radical (unpaired) electrons. The molecular formula is C14H9NO3S. The molecule has 0 aliphatic rings. The smallest absolute Gasteiger partial charge is 0.273 e. The third-order valence-corrected chi connectivity index (χ3v) is 4.47. The van der Waals surface area contributed by atoms with Crippen LogP contribution in [0.1, 0.15) is 5.56 Å². The van der Waals surface area contributed by atoms with Crippen LogP contribution in [-0.4, -0.2) is 4.92 Å². The summed E-state index contributed by atoms with van der Waals surface area (Å²) in [4.78, 5) is 22.9. The van der Waals surface area contributed by atoms with Crippen LogP contribution in [0, 0.1) is 17.0 Å². The van der Waals surface area contributed by atoms with Crippen molar-refractivity contribution >= 4 is 37.2 Å². The Kier molecular flexibility index (Phi) is 2.57. The van der Waals surface area contributed by atoms with Gasteiger partial charge in [-0.05, 0) is 25.1 Å². The first-order chi connectivity index (χ1) is 9.09. The molecule has 0 saturated heterocycles. The first-order valence-electron chi connectivity index (χ1n) is 5.69. The van der Waals surface area contributed by atoms with E-state index in [-0.39, 0.29) is 11.1 Å². The van der Waals surface area contributed by atoms with Gasteiger partial charge in [0.05, 0.1) is 4.92 Å². The van der Waals surface area contributed by atoms with E-state index in [0.29, 0.717) is 21.0 Å². The summed E-state index contributed by atoms with van der Waals surface area (Å²) >= 11 is 1.42. The van der Waals surface area contributed by atoms with Crippen LogP contribution in [-0.2, 0) is 0 Å². The second-order valence-electron chi connectivity index (χ2n) is 4.27. The summed E-state index contributed by atoms with van der Waals surface area (Å²) in [7, 11) is 0. The fraction of sp³-hybridized carbons (Fsp3) is 0.0714. The molecule has 3 rings (SSSR count). The largest absolute Gasteiger partial charge is 0.289 e. The number of hydrogen-bond acceptors (Lipinski definition) is 4. The van der Waals surface area contributed by atoms with Gasteiger partial charge in [-0.2, -0.15) is 0 Å². The second-order valence-corrected chi connectivity index (χ2v) is 5.32. The second kappa shape index (κ2) is 4.13. The predicted octanol–water partition coefficient (Wildman–Crippen LogP) is 3.63. The minimum atomic E-state index is -0.416. The van der Waals surface area contributed by atoms with Crippen LogP contribution in [0.3, 0.4) is 0 Å².